The molecule has 0 saturated heterocycles. The van der Waals surface area contributed by atoms with Crippen molar-refractivity contribution in [3.63, 3.8) is 0 Å². The average molecular weight is 606 g/mol. The van der Waals surface area contributed by atoms with Crippen molar-refractivity contribution in [3.8, 4) is 28.6 Å². The SMILES string of the molecule is Cc1ccc2c(c1)c1ccccc1n2-c1ccc(C#N)cc1-c1c(-n2c3ccccc3c3cc(C)ccc32)cccc1C(F)(F)F. The number of aryl methyl sites for hydroxylation is 2. The lowest BCUT2D eigenvalue weighted by atomic mass is 9.93. The van der Waals surface area contributed by atoms with Gasteiger partial charge in [-0.15, -0.1) is 0 Å². The normalized spacial score (nSPS) is 12.0. The molecule has 0 fully saturated rings. The summed E-state index contributed by atoms with van der Waals surface area (Å²) in [6.07, 6.45) is -4.67. The van der Waals surface area contributed by atoms with Crippen LogP contribution in [0.4, 0.5) is 13.2 Å². The molecule has 0 amide bonds. The van der Waals surface area contributed by atoms with Crippen LogP contribution >= 0.6 is 0 Å². The summed E-state index contributed by atoms with van der Waals surface area (Å²) in [7, 11) is 0. The van der Waals surface area contributed by atoms with Gasteiger partial charge in [-0.05, 0) is 80.6 Å². The largest absolute Gasteiger partial charge is 0.417 e. The number of hydrogen-bond donors (Lipinski definition) is 0. The van der Waals surface area contributed by atoms with Crippen molar-refractivity contribution in [3.05, 3.63) is 144 Å². The van der Waals surface area contributed by atoms with Crippen molar-refractivity contribution in [1.82, 2.24) is 9.13 Å². The van der Waals surface area contributed by atoms with Crippen LogP contribution in [0.3, 0.4) is 0 Å². The van der Waals surface area contributed by atoms with Crippen molar-refractivity contribution in [1.29, 1.82) is 5.26 Å². The highest BCUT2D eigenvalue weighted by Gasteiger charge is 2.36. The maximum Gasteiger partial charge on any atom is 0.417 e. The van der Waals surface area contributed by atoms with Gasteiger partial charge < -0.3 is 9.13 Å². The molecule has 0 aliphatic carbocycles. The Morgan fingerprint density at radius 3 is 1.65 bits per heavy atom. The van der Waals surface area contributed by atoms with Gasteiger partial charge in [-0.3, -0.25) is 0 Å². The molecule has 0 spiro atoms. The number of hydrogen-bond acceptors (Lipinski definition) is 1. The summed E-state index contributed by atoms with van der Waals surface area (Å²) in [6, 6.07) is 39.4. The molecule has 0 unspecified atom stereocenters. The van der Waals surface area contributed by atoms with Gasteiger partial charge in [0.2, 0.25) is 0 Å². The summed E-state index contributed by atoms with van der Waals surface area (Å²) < 4.78 is 49.4. The van der Waals surface area contributed by atoms with Crippen LogP contribution in [0.1, 0.15) is 22.3 Å². The number of nitriles is 1. The second-order valence-corrected chi connectivity index (χ2v) is 11.8. The van der Waals surface area contributed by atoms with Gasteiger partial charge in [0, 0.05) is 32.7 Å². The molecular formula is C40H26F3N3. The zero-order valence-corrected chi connectivity index (χ0v) is 25.0. The van der Waals surface area contributed by atoms with Gasteiger partial charge in [0.25, 0.3) is 0 Å². The Balaban J connectivity index is 1.56. The number of aromatic nitrogens is 2. The first-order chi connectivity index (χ1) is 22.2. The minimum atomic E-state index is -4.67. The molecule has 3 nitrogen and oxygen atoms in total. The minimum absolute atomic E-state index is 0.0170. The van der Waals surface area contributed by atoms with Gasteiger partial charge in [-0.1, -0.05) is 65.7 Å². The van der Waals surface area contributed by atoms with E-state index in [0.717, 1.165) is 60.8 Å². The lowest BCUT2D eigenvalue weighted by molar-refractivity contribution is -0.137. The average Bonchev–Trinajstić information content (AvgIpc) is 3.55. The molecule has 0 saturated carbocycles. The van der Waals surface area contributed by atoms with Gasteiger partial charge in [0.1, 0.15) is 0 Å². The van der Waals surface area contributed by atoms with Crippen LogP contribution < -0.4 is 0 Å². The summed E-state index contributed by atoms with van der Waals surface area (Å²) in [5, 5.41) is 13.9. The van der Waals surface area contributed by atoms with Crippen LogP contribution in [0, 0.1) is 25.2 Å². The fraction of sp³-hybridized carbons (Fsp3) is 0.0750. The lowest BCUT2D eigenvalue weighted by Crippen LogP contribution is -2.11. The number of nitrogens with zero attached hydrogens (tertiary/aromatic N) is 3. The van der Waals surface area contributed by atoms with Gasteiger partial charge in [-0.25, -0.2) is 0 Å². The Labute approximate surface area is 263 Å². The molecule has 6 heteroatoms. The molecule has 0 aliphatic heterocycles. The van der Waals surface area contributed by atoms with E-state index in [1.165, 1.54) is 6.07 Å². The molecule has 222 valence electrons. The highest BCUT2D eigenvalue weighted by molar-refractivity contribution is 6.11. The number of fused-ring (bicyclic) bond motifs is 6. The topological polar surface area (TPSA) is 33.6 Å². The quantitative estimate of drug-likeness (QED) is 0.197. The number of alkyl halides is 3. The second kappa shape index (κ2) is 10.1. The Hall–Kier alpha value is -5.80. The van der Waals surface area contributed by atoms with E-state index in [1.54, 1.807) is 24.3 Å². The molecule has 0 radical (unpaired) electrons. The highest BCUT2D eigenvalue weighted by atomic mass is 19.4. The summed E-state index contributed by atoms with van der Waals surface area (Å²) in [4.78, 5) is 0. The van der Waals surface area contributed by atoms with E-state index < -0.39 is 11.7 Å². The van der Waals surface area contributed by atoms with Gasteiger partial charge in [0.15, 0.2) is 0 Å². The lowest BCUT2D eigenvalue weighted by Gasteiger charge is -2.22. The first-order valence-corrected chi connectivity index (χ1v) is 15.0. The molecule has 0 atom stereocenters. The van der Waals surface area contributed by atoms with E-state index in [-0.39, 0.29) is 11.1 Å². The van der Waals surface area contributed by atoms with E-state index in [9.17, 15) is 5.26 Å². The van der Waals surface area contributed by atoms with E-state index >= 15 is 13.2 Å². The van der Waals surface area contributed by atoms with Crippen LogP contribution in [0.25, 0.3) is 66.1 Å². The summed E-state index contributed by atoms with van der Waals surface area (Å²) in [5.41, 5.74) is 6.28. The monoisotopic (exact) mass is 605 g/mol. The van der Waals surface area contributed by atoms with Crippen molar-refractivity contribution in [2.24, 2.45) is 0 Å². The molecule has 46 heavy (non-hydrogen) atoms. The third kappa shape index (κ3) is 4.13. The Bertz CT molecular complexity index is 2560. The van der Waals surface area contributed by atoms with E-state index in [4.69, 9.17) is 0 Å². The first kappa shape index (κ1) is 27.7. The number of rotatable bonds is 3. The summed E-state index contributed by atoms with van der Waals surface area (Å²) in [5.74, 6) is 0. The molecular weight excluding hydrogens is 579 g/mol. The molecule has 8 aromatic rings. The molecule has 6 aromatic carbocycles. The fourth-order valence-corrected chi connectivity index (χ4v) is 6.94. The number of halogens is 3. The van der Waals surface area contributed by atoms with E-state index in [1.807, 2.05) is 95.8 Å². The Morgan fingerprint density at radius 2 is 1.09 bits per heavy atom. The number of para-hydroxylation sites is 2. The van der Waals surface area contributed by atoms with Crippen LogP contribution in [0.15, 0.2) is 121 Å². The molecule has 0 bridgehead atoms. The summed E-state index contributed by atoms with van der Waals surface area (Å²) in [6.45, 7) is 4.03. The van der Waals surface area contributed by atoms with Crippen molar-refractivity contribution in [2.45, 2.75) is 20.0 Å². The molecule has 2 aromatic heterocycles. The fourth-order valence-electron chi connectivity index (χ4n) is 6.94. The predicted molar refractivity (Wildman–Crippen MR) is 180 cm³/mol. The third-order valence-electron chi connectivity index (χ3n) is 8.88. The number of benzene rings is 6. The Morgan fingerprint density at radius 1 is 0.543 bits per heavy atom. The molecule has 0 N–H and O–H groups in total. The zero-order valence-electron chi connectivity index (χ0n) is 25.0. The van der Waals surface area contributed by atoms with Gasteiger partial charge >= 0.3 is 6.18 Å². The second-order valence-electron chi connectivity index (χ2n) is 11.8. The van der Waals surface area contributed by atoms with E-state index in [0.29, 0.717) is 16.9 Å². The smallest absolute Gasteiger partial charge is 0.309 e. The zero-order chi connectivity index (χ0) is 31.7. The molecule has 2 heterocycles. The maximum absolute atomic E-state index is 15.2. The van der Waals surface area contributed by atoms with Gasteiger partial charge in [-0.2, -0.15) is 18.4 Å². The van der Waals surface area contributed by atoms with Crippen LogP contribution in [-0.4, -0.2) is 9.13 Å². The van der Waals surface area contributed by atoms with Crippen molar-refractivity contribution >= 4 is 43.6 Å². The van der Waals surface area contributed by atoms with Crippen molar-refractivity contribution < 1.29 is 13.2 Å². The third-order valence-corrected chi connectivity index (χ3v) is 8.88. The van der Waals surface area contributed by atoms with Crippen LogP contribution in [0.2, 0.25) is 0 Å². The standard InChI is InChI=1S/C40H26F3N3/c1-24-14-17-35-29(20-24)27-8-3-5-11-33(27)45(35)37-19-16-26(23-44)22-31(37)39-32(40(41,42)43)10-7-13-38(39)46-34-12-6-4-9-28(34)30-21-25(2)15-18-36(30)46/h3-22H,1-2H3. The maximum atomic E-state index is 15.2. The molecule has 0 aliphatic rings. The van der Waals surface area contributed by atoms with Crippen molar-refractivity contribution in [2.75, 3.05) is 0 Å². The Kier molecular flexibility index (Phi) is 6.10. The van der Waals surface area contributed by atoms with E-state index in [2.05, 4.69) is 18.2 Å². The molecule has 8 rings (SSSR count). The van der Waals surface area contributed by atoms with Crippen LogP contribution in [0.5, 0.6) is 0 Å². The summed E-state index contributed by atoms with van der Waals surface area (Å²) >= 11 is 0. The predicted octanol–water partition coefficient (Wildman–Crippen LogP) is 11.1. The highest BCUT2D eigenvalue weighted by Crippen LogP contribution is 2.46. The van der Waals surface area contributed by atoms with Gasteiger partial charge in [0.05, 0.1) is 50.6 Å². The van der Waals surface area contributed by atoms with Crippen LogP contribution in [-0.2, 0) is 6.18 Å². The minimum Gasteiger partial charge on any atom is -0.309 e. The first-order valence-electron chi connectivity index (χ1n) is 15.0.